The normalized spacial score (nSPS) is 32.6. The third kappa shape index (κ3) is 3.58. The van der Waals surface area contributed by atoms with Crippen LogP contribution in [0.2, 0.25) is 0 Å². The Balaban J connectivity index is 2.24. The predicted molar refractivity (Wildman–Crippen MR) is 71.1 cm³/mol. The van der Waals surface area contributed by atoms with E-state index < -0.39 is 50.0 Å². The maximum absolute atomic E-state index is 10.1. The van der Waals surface area contributed by atoms with E-state index >= 15 is 0 Å². The van der Waals surface area contributed by atoms with Crippen LogP contribution in [0, 0.1) is 0 Å². The molecule has 1 aliphatic heterocycles. The van der Waals surface area contributed by atoms with E-state index in [9.17, 15) is 15.3 Å². The minimum absolute atomic E-state index is 0.606. The molecular weight excluding hydrogens is 280 g/mol. The quantitative estimate of drug-likeness (QED) is 0.450. The van der Waals surface area contributed by atoms with Gasteiger partial charge < -0.3 is 35.0 Å². The van der Waals surface area contributed by atoms with Crippen molar-refractivity contribution >= 4 is 0 Å². The van der Waals surface area contributed by atoms with Crippen molar-refractivity contribution in [1.29, 1.82) is 0 Å². The maximum Gasteiger partial charge on any atom is 0.184 e. The topological polar surface area (TPSA) is 120 Å². The van der Waals surface area contributed by atoms with Crippen LogP contribution in [0.5, 0.6) is 0 Å². The monoisotopic (exact) mass is 300 g/mol. The van der Waals surface area contributed by atoms with Crippen LogP contribution in [0.25, 0.3) is 0 Å². The van der Waals surface area contributed by atoms with Crippen molar-refractivity contribution in [3.8, 4) is 0 Å². The molecule has 0 radical (unpaired) electrons. The first kappa shape index (κ1) is 16.3. The number of rotatable bonds is 5. The fourth-order valence-electron chi connectivity index (χ4n) is 2.28. The van der Waals surface area contributed by atoms with Crippen molar-refractivity contribution in [1.82, 2.24) is 0 Å². The number of aliphatic hydroxyl groups is 5. The van der Waals surface area contributed by atoms with Crippen molar-refractivity contribution in [2.75, 3.05) is 13.2 Å². The van der Waals surface area contributed by atoms with Gasteiger partial charge in [-0.2, -0.15) is 0 Å². The molecule has 7 nitrogen and oxygen atoms in total. The van der Waals surface area contributed by atoms with Crippen LogP contribution in [-0.2, 0) is 9.47 Å². The highest BCUT2D eigenvalue weighted by Gasteiger charge is 2.45. The molecule has 2 rings (SSSR count). The first-order chi connectivity index (χ1) is 10.1. The summed E-state index contributed by atoms with van der Waals surface area (Å²) < 4.78 is 11.0. The fourth-order valence-corrected chi connectivity index (χ4v) is 2.28. The van der Waals surface area contributed by atoms with E-state index in [0.717, 1.165) is 0 Å². The third-order valence-corrected chi connectivity index (χ3v) is 3.44. The molecule has 1 aliphatic rings. The third-order valence-electron chi connectivity index (χ3n) is 3.44. The van der Waals surface area contributed by atoms with Gasteiger partial charge in [-0.15, -0.1) is 0 Å². The van der Waals surface area contributed by atoms with Gasteiger partial charge in [-0.05, 0) is 0 Å². The number of aliphatic hydroxyl groups excluding tert-OH is 5. The number of benzene rings is 1. The molecule has 118 valence electrons. The average Bonchev–Trinajstić information content (AvgIpc) is 2.54. The molecule has 0 unspecified atom stereocenters. The Morgan fingerprint density at radius 1 is 0.905 bits per heavy atom. The molecule has 1 fully saturated rings. The van der Waals surface area contributed by atoms with Crippen LogP contribution in [0.1, 0.15) is 11.9 Å². The molecule has 4 atom stereocenters. The van der Waals surface area contributed by atoms with Crippen LogP contribution in [0.3, 0.4) is 0 Å². The predicted octanol–water partition coefficient (Wildman–Crippen LogP) is -1.46. The summed E-state index contributed by atoms with van der Waals surface area (Å²) in [7, 11) is 0. The van der Waals surface area contributed by atoms with E-state index in [2.05, 4.69) is 0 Å². The van der Waals surface area contributed by atoms with Crippen molar-refractivity contribution in [2.45, 2.75) is 36.8 Å². The zero-order valence-electron chi connectivity index (χ0n) is 11.3. The van der Waals surface area contributed by atoms with Crippen LogP contribution < -0.4 is 0 Å². The number of hydrogen-bond donors (Lipinski definition) is 5. The second kappa shape index (κ2) is 7.28. The van der Waals surface area contributed by atoms with Gasteiger partial charge in [0.2, 0.25) is 0 Å². The molecule has 1 aromatic rings. The van der Waals surface area contributed by atoms with Crippen molar-refractivity contribution in [3.05, 3.63) is 35.9 Å². The Kier molecular flexibility index (Phi) is 5.65. The second-order valence-corrected chi connectivity index (χ2v) is 4.93. The van der Waals surface area contributed by atoms with Crippen molar-refractivity contribution in [2.24, 2.45) is 0 Å². The number of ether oxygens (including phenoxy) is 2. The van der Waals surface area contributed by atoms with Crippen molar-refractivity contribution < 1.29 is 35.0 Å². The van der Waals surface area contributed by atoms with Crippen LogP contribution >= 0.6 is 0 Å². The lowest BCUT2D eigenvalue weighted by Crippen LogP contribution is -2.57. The molecule has 0 saturated carbocycles. The zero-order valence-corrected chi connectivity index (χ0v) is 11.3. The van der Waals surface area contributed by atoms with Gasteiger partial charge in [0.05, 0.1) is 13.2 Å². The van der Waals surface area contributed by atoms with Gasteiger partial charge in [-0.1, -0.05) is 30.3 Å². The molecule has 0 bridgehead atoms. The Bertz CT molecular complexity index is 407. The van der Waals surface area contributed by atoms with E-state index in [-0.39, 0.29) is 0 Å². The van der Waals surface area contributed by atoms with Gasteiger partial charge in [-0.25, -0.2) is 0 Å². The highest BCUT2D eigenvalue weighted by molar-refractivity contribution is 5.17. The Morgan fingerprint density at radius 3 is 1.81 bits per heavy atom. The van der Waals surface area contributed by atoms with Crippen LogP contribution in [-0.4, -0.2) is 69.3 Å². The summed E-state index contributed by atoms with van der Waals surface area (Å²) in [5, 5.41) is 47.7. The minimum atomic E-state index is -1.38. The summed E-state index contributed by atoms with van der Waals surface area (Å²) in [5.74, 6) is 0. The summed E-state index contributed by atoms with van der Waals surface area (Å²) >= 11 is 0. The average molecular weight is 300 g/mol. The van der Waals surface area contributed by atoms with Gasteiger partial charge in [0.1, 0.15) is 30.5 Å². The Labute approximate surface area is 122 Å². The molecule has 5 N–H and O–H groups in total. The van der Waals surface area contributed by atoms with E-state index in [1.807, 2.05) is 0 Å². The van der Waals surface area contributed by atoms with Crippen LogP contribution in [0.4, 0.5) is 0 Å². The molecule has 1 aromatic carbocycles. The summed E-state index contributed by atoms with van der Waals surface area (Å²) in [5.41, 5.74) is 0.634. The Hall–Kier alpha value is -1.06. The molecule has 0 amide bonds. The molecule has 0 spiro atoms. The molecule has 21 heavy (non-hydrogen) atoms. The van der Waals surface area contributed by atoms with Gasteiger partial charge in [0.15, 0.2) is 6.29 Å². The lowest BCUT2D eigenvalue weighted by Gasteiger charge is -2.42. The summed E-state index contributed by atoms with van der Waals surface area (Å²) in [6.07, 6.45) is -7.24. The smallest absolute Gasteiger partial charge is 0.184 e. The molecule has 0 aromatic heterocycles. The Morgan fingerprint density at radius 2 is 1.38 bits per heavy atom. The van der Waals surface area contributed by atoms with Gasteiger partial charge in [0.25, 0.3) is 0 Å². The largest absolute Gasteiger partial charge is 0.394 e. The van der Waals surface area contributed by atoms with Crippen molar-refractivity contribution in [3.63, 3.8) is 0 Å². The highest BCUT2D eigenvalue weighted by atomic mass is 16.7. The maximum atomic E-state index is 10.1. The summed E-state index contributed by atoms with van der Waals surface area (Å²) in [6.45, 7) is -1.21. The lowest BCUT2D eigenvalue weighted by molar-refractivity contribution is -0.321. The molecule has 1 heterocycles. The van der Waals surface area contributed by atoms with E-state index in [4.69, 9.17) is 19.7 Å². The van der Waals surface area contributed by atoms with Gasteiger partial charge >= 0.3 is 0 Å². The van der Waals surface area contributed by atoms with E-state index in [1.54, 1.807) is 30.3 Å². The zero-order chi connectivity index (χ0) is 15.4. The molecule has 0 aliphatic carbocycles. The molecule has 1 saturated heterocycles. The van der Waals surface area contributed by atoms with E-state index in [0.29, 0.717) is 5.56 Å². The van der Waals surface area contributed by atoms with E-state index in [1.165, 1.54) is 0 Å². The van der Waals surface area contributed by atoms with Gasteiger partial charge in [0, 0.05) is 5.56 Å². The first-order valence-electron chi connectivity index (χ1n) is 6.70. The minimum Gasteiger partial charge on any atom is -0.394 e. The van der Waals surface area contributed by atoms with Gasteiger partial charge in [-0.3, -0.25) is 0 Å². The second-order valence-electron chi connectivity index (χ2n) is 4.93. The summed E-state index contributed by atoms with van der Waals surface area (Å²) in [6, 6.07) is 8.80. The number of hydrogen-bond acceptors (Lipinski definition) is 7. The first-order valence-corrected chi connectivity index (χ1v) is 6.70. The summed E-state index contributed by atoms with van der Waals surface area (Å²) in [4.78, 5) is 0. The highest BCUT2D eigenvalue weighted by Crippen LogP contribution is 2.32. The SMILES string of the molecule is OC[C@@H](O)[C@@H]1OC(c2ccccc2)O[C@@H]([C@H](O)CO)C1O. The van der Waals surface area contributed by atoms with Crippen LogP contribution in [0.15, 0.2) is 30.3 Å². The molecular formula is C14H20O7. The standard InChI is InChI=1S/C14H20O7/c15-6-9(17)12-11(19)13(10(18)7-16)21-14(20-12)8-4-2-1-3-5-8/h1-5,9-19H,6-7H2/t9-,10-,11?,12+,13+,14?/m1/s1. The fraction of sp³-hybridized carbons (Fsp3) is 0.571. The lowest BCUT2D eigenvalue weighted by atomic mass is 9.97. The molecule has 7 heteroatoms.